The van der Waals surface area contributed by atoms with E-state index in [2.05, 4.69) is 5.32 Å². The van der Waals surface area contributed by atoms with Gasteiger partial charge in [0.15, 0.2) is 11.6 Å². The Bertz CT molecular complexity index is 1090. The molecular formula is C24H20F2N2O2. The Labute approximate surface area is 173 Å². The fraction of sp³-hybridized carbons (Fsp3) is 0.167. The Kier molecular flexibility index (Phi) is 5.57. The maximum Gasteiger partial charge on any atom is 0.254 e. The van der Waals surface area contributed by atoms with Crippen LogP contribution in [0.15, 0.2) is 72.8 Å². The number of carbonyl (C=O) groups is 2. The fourth-order valence-corrected chi connectivity index (χ4v) is 3.70. The molecule has 0 aromatic heterocycles. The van der Waals surface area contributed by atoms with E-state index >= 15 is 0 Å². The molecule has 1 heterocycles. The van der Waals surface area contributed by atoms with E-state index in [-0.39, 0.29) is 11.5 Å². The van der Waals surface area contributed by atoms with Crippen molar-refractivity contribution in [2.24, 2.45) is 0 Å². The summed E-state index contributed by atoms with van der Waals surface area (Å²) in [5, 5.41) is 2.70. The third-order valence-corrected chi connectivity index (χ3v) is 5.21. The quantitative estimate of drug-likeness (QED) is 0.698. The van der Waals surface area contributed by atoms with Gasteiger partial charge in [0.1, 0.15) is 6.04 Å². The van der Waals surface area contributed by atoms with Gasteiger partial charge in [-0.1, -0.05) is 48.5 Å². The van der Waals surface area contributed by atoms with Gasteiger partial charge in [0.05, 0.1) is 0 Å². The highest BCUT2D eigenvalue weighted by Gasteiger charge is 2.31. The average Bonchev–Trinajstić information content (AvgIpc) is 2.79. The second kappa shape index (κ2) is 8.45. The summed E-state index contributed by atoms with van der Waals surface area (Å²) >= 11 is 0. The predicted octanol–water partition coefficient (Wildman–Crippen LogP) is 4.42. The number of nitrogens with one attached hydrogen (secondary N) is 1. The number of anilines is 1. The summed E-state index contributed by atoms with van der Waals surface area (Å²) in [4.78, 5) is 28.0. The zero-order valence-electron chi connectivity index (χ0n) is 16.1. The molecule has 3 aromatic rings. The molecule has 0 bridgehead atoms. The van der Waals surface area contributed by atoms with Crippen LogP contribution in [0, 0.1) is 11.6 Å². The molecule has 1 aliphatic heterocycles. The highest BCUT2D eigenvalue weighted by atomic mass is 19.2. The van der Waals surface area contributed by atoms with Gasteiger partial charge >= 0.3 is 0 Å². The lowest BCUT2D eigenvalue weighted by atomic mass is 9.99. The third kappa shape index (κ3) is 3.94. The molecule has 1 atom stereocenters. The highest BCUT2D eigenvalue weighted by Crippen LogP contribution is 2.29. The van der Waals surface area contributed by atoms with E-state index in [0.29, 0.717) is 12.1 Å². The first kappa shape index (κ1) is 19.8. The van der Waals surface area contributed by atoms with E-state index in [1.807, 2.05) is 30.3 Å². The first-order valence-electron chi connectivity index (χ1n) is 9.75. The van der Waals surface area contributed by atoms with E-state index in [1.54, 1.807) is 29.2 Å². The van der Waals surface area contributed by atoms with Gasteiger partial charge < -0.3 is 10.2 Å². The molecule has 4 nitrogen and oxygen atoms in total. The van der Waals surface area contributed by atoms with Gasteiger partial charge in [0.2, 0.25) is 0 Å². The van der Waals surface area contributed by atoms with Gasteiger partial charge in [0.25, 0.3) is 11.8 Å². The van der Waals surface area contributed by atoms with E-state index < -0.39 is 23.6 Å². The summed E-state index contributed by atoms with van der Waals surface area (Å²) < 4.78 is 26.8. The maximum absolute atomic E-state index is 13.6. The van der Waals surface area contributed by atoms with E-state index in [4.69, 9.17) is 0 Å². The number of benzene rings is 3. The van der Waals surface area contributed by atoms with Crippen LogP contribution in [0.5, 0.6) is 0 Å². The molecule has 0 aliphatic carbocycles. The Morgan fingerprint density at radius 3 is 2.40 bits per heavy atom. The number of hydrogen-bond acceptors (Lipinski definition) is 2. The third-order valence-electron chi connectivity index (χ3n) is 5.21. The summed E-state index contributed by atoms with van der Waals surface area (Å²) in [6.45, 7) is 0.542. The van der Waals surface area contributed by atoms with Gasteiger partial charge in [-0.05, 0) is 48.2 Å². The van der Waals surface area contributed by atoms with Crippen molar-refractivity contribution in [3.05, 3.63) is 101 Å². The van der Waals surface area contributed by atoms with Crippen LogP contribution < -0.4 is 10.2 Å². The zero-order chi connectivity index (χ0) is 21.1. The standard InChI is InChI=1S/C24H20F2N2O2/c25-19-13-12-18(15-20(19)26)23(29)27-22(17-8-2-1-3-9-17)24(30)28-14-6-10-16-7-4-5-11-21(16)28/h1-5,7-9,11-13,15,22H,6,10,14H2,(H,27,29)/t22-/m0/s1. The molecule has 0 saturated carbocycles. The number of para-hydroxylation sites is 1. The van der Waals surface area contributed by atoms with Crippen molar-refractivity contribution in [3.8, 4) is 0 Å². The Morgan fingerprint density at radius 2 is 1.63 bits per heavy atom. The number of rotatable bonds is 4. The van der Waals surface area contributed by atoms with Crippen molar-refractivity contribution in [1.82, 2.24) is 5.32 Å². The number of carbonyl (C=O) groups excluding carboxylic acids is 2. The summed E-state index contributed by atoms with van der Waals surface area (Å²) in [6.07, 6.45) is 1.71. The second-order valence-corrected chi connectivity index (χ2v) is 7.17. The van der Waals surface area contributed by atoms with Crippen molar-refractivity contribution >= 4 is 17.5 Å². The van der Waals surface area contributed by atoms with E-state index in [9.17, 15) is 18.4 Å². The summed E-state index contributed by atoms with van der Waals surface area (Å²) in [7, 11) is 0. The van der Waals surface area contributed by atoms with Crippen LogP contribution in [0.1, 0.15) is 33.9 Å². The molecule has 2 amide bonds. The summed E-state index contributed by atoms with van der Waals surface area (Å²) in [5.41, 5.74) is 2.47. The fourth-order valence-electron chi connectivity index (χ4n) is 3.70. The molecule has 4 rings (SSSR count). The lowest BCUT2D eigenvalue weighted by Gasteiger charge is -2.32. The minimum atomic E-state index is -1.12. The second-order valence-electron chi connectivity index (χ2n) is 7.17. The predicted molar refractivity (Wildman–Crippen MR) is 110 cm³/mol. The minimum absolute atomic E-state index is 0.0540. The van der Waals surface area contributed by atoms with Crippen LogP contribution in [-0.2, 0) is 11.2 Å². The molecule has 3 aromatic carbocycles. The van der Waals surface area contributed by atoms with Crippen LogP contribution >= 0.6 is 0 Å². The molecule has 30 heavy (non-hydrogen) atoms. The first-order valence-corrected chi connectivity index (χ1v) is 9.75. The van der Waals surface area contributed by atoms with Crippen molar-refractivity contribution in [3.63, 3.8) is 0 Å². The van der Waals surface area contributed by atoms with E-state index in [0.717, 1.165) is 36.2 Å². The molecule has 0 unspecified atom stereocenters. The minimum Gasteiger partial charge on any atom is -0.336 e. The van der Waals surface area contributed by atoms with Crippen molar-refractivity contribution in [2.45, 2.75) is 18.9 Å². The first-order chi connectivity index (χ1) is 14.5. The van der Waals surface area contributed by atoms with E-state index in [1.165, 1.54) is 6.07 Å². The maximum atomic E-state index is 13.6. The van der Waals surface area contributed by atoms with Crippen LogP contribution in [0.2, 0.25) is 0 Å². The van der Waals surface area contributed by atoms with Gasteiger partial charge in [-0.15, -0.1) is 0 Å². The lowest BCUT2D eigenvalue weighted by Crippen LogP contribution is -2.45. The lowest BCUT2D eigenvalue weighted by molar-refractivity contribution is -0.120. The normalized spacial score (nSPS) is 14.0. The van der Waals surface area contributed by atoms with Crippen LogP contribution in [0.4, 0.5) is 14.5 Å². The SMILES string of the molecule is O=C(N[C@H](C(=O)N1CCCc2ccccc21)c1ccccc1)c1ccc(F)c(F)c1. The monoisotopic (exact) mass is 406 g/mol. The molecule has 0 saturated heterocycles. The Balaban J connectivity index is 1.66. The van der Waals surface area contributed by atoms with Crippen molar-refractivity contribution in [2.75, 3.05) is 11.4 Å². The van der Waals surface area contributed by atoms with Crippen LogP contribution in [0.25, 0.3) is 0 Å². The van der Waals surface area contributed by atoms with Crippen LogP contribution in [0.3, 0.4) is 0 Å². The topological polar surface area (TPSA) is 49.4 Å². The molecular weight excluding hydrogens is 386 g/mol. The Morgan fingerprint density at radius 1 is 0.900 bits per heavy atom. The number of halogens is 2. The molecule has 152 valence electrons. The average molecular weight is 406 g/mol. The highest BCUT2D eigenvalue weighted by molar-refractivity contribution is 6.03. The van der Waals surface area contributed by atoms with Crippen LogP contribution in [-0.4, -0.2) is 18.4 Å². The molecule has 6 heteroatoms. The molecule has 0 fully saturated rings. The van der Waals surface area contributed by atoms with Gasteiger partial charge in [-0.2, -0.15) is 0 Å². The van der Waals surface area contributed by atoms with Gasteiger partial charge in [-0.3, -0.25) is 9.59 Å². The number of nitrogens with zero attached hydrogens (tertiary/aromatic N) is 1. The molecule has 1 aliphatic rings. The zero-order valence-corrected chi connectivity index (χ0v) is 16.1. The number of fused-ring (bicyclic) bond motifs is 1. The number of amides is 2. The Hall–Kier alpha value is -3.54. The van der Waals surface area contributed by atoms with Crippen molar-refractivity contribution < 1.29 is 18.4 Å². The smallest absolute Gasteiger partial charge is 0.254 e. The molecule has 0 radical (unpaired) electrons. The van der Waals surface area contributed by atoms with Gasteiger partial charge in [0, 0.05) is 17.8 Å². The molecule has 0 spiro atoms. The molecule has 1 N–H and O–H groups in total. The van der Waals surface area contributed by atoms with Gasteiger partial charge in [-0.25, -0.2) is 8.78 Å². The summed E-state index contributed by atoms with van der Waals surface area (Å²) in [6, 6.07) is 18.5. The number of hydrogen-bond donors (Lipinski definition) is 1. The largest absolute Gasteiger partial charge is 0.336 e. The number of aryl methyl sites for hydroxylation is 1. The van der Waals surface area contributed by atoms with Crippen molar-refractivity contribution in [1.29, 1.82) is 0 Å². The summed E-state index contributed by atoms with van der Waals surface area (Å²) in [5.74, 6) is -3.08.